The maximum atomic E-state index is 2.35. The molecule has 2 aliphatic rings. The zero-order valence-corrected chi connectivity index (χ0v) is 67.6. The summed E-state index contributed by atoms with van der Waals surface area (Å²) in [5, 5.41) is 0. The van der Waals surface area contributed by atoms with Crippen LogP contribution in [-0.4, -0.2) is 0 Å². The molecule has 0 N–H and O–H groups in total. The Labute approximate surface area is 563 Å². The molecule has 6 aromatic carbocycles. The lowest BCUT2D eigenvalue weighted by molar-refractivity contribution is 1.00. The van der Waals surface area contributed by atoms with Gasteiger partial charge in [-0.1, -0.05) is 171 Å². The molecule has 0 saturated heterocycles. The predicted octanol–water partition coefficient (Wildman–Crippen LogP) is 29.8. The number of hydrogen-bond acceptors (Lipinski definition) is 0. The van der Waals surface area contributed by atoms with Gasteiger partial charge in [0.2, 0.25) is 0 Å². The normalized spacial score (nSPS) is 11.8. The first kappa shape index (κ1) is 90.7. The smallest absolute Gasteiger partial charge is 0.0158 e. The van der Waals surface area contributed by atoms with Crippen molar-refractivity contribution in [1.82, 2.24) is 0 Å². The van der Waals surface area contributed by atoms with Crippen LogP contribution in [0, 0.1) is 152 Å². The highest BCUT2D eigenvalue weighted by molar-refractivity contribution is 5.88. The Morgan fingerprint density at radius 2 is 0.278 bits per heavy atom. The molecule has 0 aromatic heterocycles. The molecule has 0 atom stereocenters. The number of allylic oxidation sites excluding steroid dienone is 8. The fourth-order valence-electron chi connectivity index (χ4n) is 12.1. The second-order valence-electron chi connectivity index (χ2n) is 22.6. The topological polar surface area (TPSA) is 0 Å². The second kappa shape index (κ2) is 46.4. The van der Waals surface area contributed by atoms with E-state index < -0.39 is 0 Å². The Kier molecular flexibility index (Phi) is 46.7. The number of hydrogen-bond donors (Lipinski definition) is 0. The highest BCUT2D eigenvalue weighted by Crippen LogP contribution is 2.46. The summed E-state index contributed by atoms with van der Waals surface area (Å²) in [5.41, 5.74) is 49.8. The fraction of sp³-hybridized carbons (Fsp3) is 0.511. The molecular formula is C90H144. The van der Waals surface area contributed by atoms with Crippen molar-refractivity contribution in [3.63, 3.8) is 0 Å². The van der Waals surface area contributed by atoms with Gasteiger partial charge in [-0.05, 0) is 395 Å². The monoisotopic (exact) mass is 1230 g/mol. The van der Waals surface area contributed by atoms with Gasteiger partial charge in [-0.2, -0.15) is 0 Å². The lowest BCUT2D eigenvalue weighted by Crippen LogP contribution is -2.10. The van der Waals surface area contributed by atoms with E-state index in [9.17, 15) is 0 Å². The molecule has 0 saturated carbocycles. The summed E-state index contributed by atoms with van der Waals surface area (Å²) in [6, 6.07) is 21.6. The maximum absolute atomic E-state index is 2.35. The molecule has 0 fully saturated rings. The van der Waals surface area contributed by atoms with Crippen molar-refractivity contribution in [1.29, 1.82) is 0 Å². The molecule has 0 heterocycles. The van der Waals surface area contributed by atoms with Crippen molar-refractivity contribution in [2.45, 2.75) is 316 Å². The molecule has 0 aliphatic heterocycles. The van der Waals surface area contributed by atoms with Crippen LogP contribution in [0.3, 0.4) is 0 Å². The average molecular weight is 1230 g/mol. The van der Waals surface area contributed by atoms with Crippen LogP contribution in [0.1, 0.15) is 309 Å². The van der Waals surface area contributed by atoms with Crippen LogP contribution in [0.25, 0.3) is 22.3 Å². The lowest BCUT2D eigenvalue weighted by Gasteiger charge is -2.30. The van der Waals surface area contributed by atoms with Crippen LogP contribution in [0.2, 0.25) is 0 Å². The summed E-state index contributed by atoms with van der Waals surface area (Å²) < 4.78 is 0. The van der Waals surface area contributed by atoms with E-state index in [0.29, 0.717) is 0 Å². The highest BCUT2D eigenvalue weighted by Gasteiger charge is 2.26. The van der Waals surface area contributed by atoms with E-state index in [2.05, 4.69) is 241 Å². The standard InChI is InChI=1S/C30H40.C20H20.2C12H18.8C2H6/c1-15-17(3)23(9)29(24(10)18(15)4)27-13-14-28(22(8)21(27)7)30-25(11)19(5)16(2)20(6)26(30)12;1-15-16(2)20(18-11-7-4-8-12-18)14-13-19(15)17-9-5-3-6-10-17;2*1-7-8(2)10(4)12(6)11(5)9(7)3;8*1-2/h13-14H2,1-12H3;3-12H,13-14H2,1-2H3;2*1-6H3;8*1-2H3. The predicted molar refractivity (Wildman–Crippen MR) is 422 cm³/mol. The minimum Gasteiger partial charge on any atom is -0.0683 e. The molecular weight excluding hydrogens is 1080 g/mol. The van der Waals surface area contributed by atoms with Crippen LogP contribution >= 0.6 is 0 Å². The number of benzene rings is 6. The second-order valence-corrected chi connectivity index (χ2v) is 22.6. The molecule has 0 bridgehead atoms. The molecule has 6 aromatic rings. The Morgan fingerprint density at radius 3 is 0.433 bits per heavy atom. The molecule has 90 heavy (non-hydrogen) atoms. The molecule has 0 radical (unpaired) electrons. The van der Waals surface area contributed by atoms with Gasteiger partial charge in [-0.15, -0.1) is 0 Å². The first-order valence-electron chi connectivity index (χ1n) is 35.7. The van der Waals surface area contributed by atoms with Gasteiger partial charge in [0.15, 0.2) is 0 Å². The van der Waals surface area contributed by atoms with Crippen LogP contribution < -0.4 is 0 Å². The molecule has 504 valence electrons. The Bertz CT molecular complexity index is 2760. The van der Waals surface area contributed by atoms with Crippen molar-refractivity contribution in [3.8, 4) is 0 Å². The lowest BCUT2D eigenvalue weighted by atomic mass is 9.75. The van der Waals surface area contributed by atoms with E-state index >= 15 is 0 Å². The van der Waals surface area contributed by atoms with E-state index in [0.717, 1.165) is 25.7 Å². The van der Waals surface area contributed by atoms with Crippen LogP contribution in [-0.2, 0) is 0 Å². The Balaban J connectivity index is -0.000000536. The quantitative estimate of drug-likeness (QED) is 0.165. The molecule has 0 nitrogen and oxygen atoms in total. The van der Waals surface area contributed by atoms with E-state index in [1.807, 2.05) is 111 Å². The van der Waals surface area contributed by atoms with Crippen LogP contribution in [0.5, 0.6) is 0 Å². The minimum atomic E-state index is 1.13. The summed E-state index contributed by atoms with van der Waals surface area (Å²) in [7, 11) is 0. The van der Waals surface area contributed by atoms with Gasteiger partial charge in [-0.3, -0.25) is 0 Å². The minimum absolute atomic E-state index is 1.13. The van der Waals surface area contributed by atoms with Gasteiger partial charge in [0, 0.05) is 0 Å². The van der Waals surface area contributed by atoms with Crippen molar-refractivity contribution >= 4 is 22.3 Å². The molecule has 0 unspecified atom stereocenters. The van der Waals surface area contributed by atoms with Crippen LogP contribution in [0.4, 0.5) is 0 Å². The highest BCUT2D eigenvalue weighted by atomic mass is 14.3. The Hall–Kier alpha value is -5.72. The van der Waals surface area contributed by atoms with Crippen molar-refractivity contribution < 1.29 is 0 Å². The zero-order chi connectivity index (χ0) is 71.5. The van der Waals surface area contributed by atoms with Gasteiger partial charge < -0.3 is 0 Å². The van der Waals surface area contributed by atoms with E-state index in [1.165, 1.54) is 178 Å². The first-order chi connectivity index (χ1) is 42.6. The maximum Gasteiger partial charge on any atom is -0.0158 e. The summed E-state index contributed by atoms with van der Waals surface area (Å²) in [6.07, 6.45) is 4.54. The molecule has 8 rings (SSSR count). The Morgan fingerprint density at radius 1 is 0.156 bits per heavy atom. The largest absolute Gasteiger partial charge is 0.0683 e. The summed E-state index contributed by atoms with van der Waals surface area (Å²) in [6.45, 7) is 90.8. The average Bonchev–Trinajstić information content (AvgIpc) is 1.91. The third-order valence-electron chi connectivity index (χ3n) is 19.8. The SMILES string of the molecule is CC.CC.CC.CC.CC.CC.CC.CC.CC1=C(c2c(C)c(C)c(C)c(C)c2C)CCC(c2c(C)c(C)c(C)c(C)c2C)=C1C.CC1=C(c2ccccc2)CCC(c2ccccc2)=C1C.Cc1c(C)c(C)c(C)c(C)c1C.Cc1c(C)c(C)c(C)c(C)c1C. The van der Waals surface area contributed by atoms with Crippen molar-refractivity contribution in [2.75, 3.05) is 0 Å². The summed E-state index contributed by atoms with van der Waals surface area (Å²) in [5.74, 6) is 0. The van der Waals surface area contributed by atoms with Crippen molar-refractivity contribution in [3.05, 3.63) is 228 Å². The fourth-order valence-corrected chi connectivity index (χ4v) is 12.1. The third-order valence-corrected chi connectivity index (χ3v) is 19.8. The van der Waals surface area contributed by atoms with Gasteiger partial charge >= 0.3 is 0 Å². The van der Waals surface area contributed by atoms with E-state index in [1.54, 1.807) is 11.1 Å². The number of rotatable bonds is 4. The first-order valence-corrected chi connectivity index (χ1v) is 35.7. The van der Waals surface area contributed by atoms with Crippen molar-refractivity contribution in [2.24, 2.45) is 0 Å². The molecule has 0 amide bonds. The molecule has 0 heteroatoms. The summed E-state index contributed by atoms with van der Waals surface area (Å²) >= 11 is 0. The molecule has 0 spiro atoms. The van der Waals surface area contributed by atoms with Gasteiger partial charge in [0.05, 0.1) is 0 Å². The van der Waals surface area contributed by atoms with E-state index in [-0.39, 0.29) is 0 Å². The van der Waals surface area contributed by atoms with Gasteiger partial charge in [0.25, 0.3) is 0 Å². The van der Waals surface area contributed by atoms with Gasteiger partial charge in [0.1, 0.15) is 0 Å². The zero-order valence-electron chi connectivity index (χ0n) is 67.6. The third kappa shape index (κ3) is 22.3. The molecule has 2 aliphatic carbocycles. The summed E-state index contributed by atoms with van der Waals surface area (Å²) in [4.78, 5) is 0. The van der Waals surface area contributed by atoms with Gasteiger partial charge in [-0.25, -0.2) is 0 Å². The van der Waals surface area contributed by atoms with E-state index in [4.69, 9.17) is 0 Å². The van der Waals surface area contributed by atoms with Crippen LogP contribution in [0.15, 0.2) is 83.0 Å².